The molecule has 0 amide bonds. The fraction of sp³-hybridized carbons (Fsp3) is 0.367. The Morgan fingerprint density at radius 3 is 2.23 bits per heavy atom. The van der Waals surface area contributed by atoms with Crippen LogP contribution in [0.25, 0.3) is 11.1 Å². The minimum atomic E-state index is -4.13. The molecule has 2 aromatic carbocycles. The molecule has 1 aromatic heterocycles. The number of aldehydes is 1. The standard InChI is InChI=1S/C27H28F3N5O.C3H8O/c1-19(31)25-24(17-22(18-36)33-26(25)32-21-5-3-2-4-6-21)20-7-9-23(10-8-20)35-15-13-34(14-16-35)12-11-27(28,29)30;1-3-4-2/h2-10,17-18,31H,11-16H2,1H3,(H,32,33);3H2,1-2H3. The molecule has 0 radical (unpaired) electrons. The van der Waals surface area contributed by atoms with Crippen LogP contribution in [-0.4, -0.2) is 74.5 Å². The lowest BCUT2D eigenvalue weighted by Crippen LogP contribution is -2.47. The Hall–Kier alpha value is -3.76. The number of methoxy groups -OCH3 is 1. The Morgan fingerprint density at radius 1 is 1.07 bits per heavy atom. The van der Waals surface area contributed by atoms with E-state index in [0.717, 1.165) is 29.1 Å². The summed E-state index contributed by atoms with van der Waals surface area (Å²) < 4.78 is 42.1. The van der Waals surface area contributed by atoms with Crippen molar-refractivity contribution in [1.82, 2.24) is 9.88 Å². The first-order valence-electron chi connectivity index (χ1n) is 13.2. The summed E-state index contributed by atoms with van der Waals surface area (Å²) in [7, 11) is 1.68. The van der Waals surface area contributed by atoms with E-state index < -0.39 is 12.6 Å². The van der Waals surface area contributed by atoms with Crippen molar-refractivity contribution in [2.75, 3.05) is 56.7 Å². The van der Waals surface area contributed by atoms with E-state index in [1.807, 2.05) is 66.4 Å². The molecule has 1 saturated heterocycles. The van der Waals surface area contributed by atoms with Crippen molar-refractivity contribution in [3.63, 3.8) is 0 Å². The van der Waals surface area contributed by atoms with Crippen LogP contribution in [-0.2, 0) is 4.74 Å². The highest BCUT2D eigenvalue weighted by Crippen LogP contribution is 2.32. The maximum atomic E-state index is 12.5. The number of ether oxygens (including phenoxy) is 1. The summed E-state index contributed by atoms with van der Waals surface area (Å²) in [4.78, 5) is 20.1. The fourth-order valence-corrected chi connectivity index (χ4v) is 4.35. The number of hydrogen-bond donors (Lipinski definition) is 2. The summed E-state index contributed by atoms with van der Waals surface area (Å²) in [5, 5.41) is 11.6. The van der Waals surface area contributed by atoms with Crippen molar-refractivity contribution in [2.45, 2.75) is 26.4 Å². The minimum absolute atomic E-state index is 0.0302. The Balaban J connectivity index is 0.00000103. The van der Waals surface area contributed by atoms with Gasteiger partial charge < -0.3 is 20.4 Å². The SMILES string of the molecule is CC(=N)c1c(-c2ccc(N3CCN(CCC(F)(F)F)CC3)cc2)cc(C=O)nc1Nc1ccccc1.CCOC. The Kier molecular flexibility index (Phi) is 11.2. The van der Waals surface area contributed by atoms with Crippen LogP contribution >= 0.6 is 0 Å². The summed E-state index contributed by atoms with van der Waals surface area (Å²) in [5.41, 5.74) is 4.52. The number of benzene rings is 2. The van der Waals surface area contributed by atoms with Gasteiger partial charge in [-0.25, -0.2) is 4.98 Å². The molecule has 1 aliphatic rings. The average Bonchev–Trinajstić information content (AvgIpc) is 2.96. The highest BCUT2D eigenvalue weighted by atomic mass is 19.4. The molecule has 1 aliphatic heterocycles. The van der Waals surface area contributed by atoms with Crippen molar-refractivity contribution < 1.29 is 22.7 Å². The number of nitrogens with one attached hydrogen (secondary N) is 2. The van der Waals surface area contributed by atoms with Crippen LogP contribution in [0.3, 0.4) is 0 Å². The largest absolute Gasteiger partial charge is 0.390 e. The van der Waals surface area contributed by atoms with Gasteiger partial charge >= 0.3 is 6.18 Å². The van der Waals surface area contributed by atoms with Gasteiger partial charge in [0.05, 0.1) is 6.42 Å². The lowest BCUT2D eigenvalue weighted by Gasteiger charge is -2.36. The summed E-state index contributed by atoms with van der Waals surface area (Å²) in [6.45, 7) is 6.95. The van der Waals surface area contributed by atoms with E-state index >= 15 is 0 Å². The van der Waals surface area contributed by atoms with Gasteiger partial charge in [0.2, 0.25) is 0 Å². The highest BCUT2D eigenvalue weighted by molar-refractivity contribution is 6.07. The number of piperazine rings is 1. The minimum Gasteiger partial charge on any atom is -0.385 e. The normalized spacial score (nSPS) is 13.8. The number of rotatable bonds is 9. The van der Waals surface area contributed by atoms with Gasteiger partial charge in [-0.3, -0.25) is 9.69 Å². The van der Waals surface area contributed by atoms with Gasteiger partial charge in [0.25, 0.3) is 0 Å². The number of pyridine rings is 1. The predicted octanol–water partition coefficient (Wildman–Crippen LogP) is 6.42. The number of anilines is 3. The summed E-state index contributed by atoms with van der Waals surface area (Å²) in [6, 6.07) is 18.9. The molecule has 214 valence electrons. The second-order valence-electron chi connectivity index (χ2n) is 9.37. The number of halogens is 3. The van der Waals surface area contributed by atoms with Crippen LogP contribution in [0.5, 0.6) is 0 Å². The topological polar surface area (TPSA) is 81.6 Å². The first-order valence-corrected chi connectivity index (χ1v) is 13.2. The number of hydrogen-bond acceptors (Lipinski definition) is 7. The average molecular weight is 556 g/mol. The van der Waals surface area contributed by atoms with Crippen LogP contribution < -0.4 is 10.2 Å². The third-order valence-electron chi connectivity index (χ3n) is 6.49. The van der Waals surface area contributed by atoms with Gasteiger partial charge in [-0.1, -0.05) is 30.3 Å². The zero-order chi connectivity index (χ0) is 29.1. The molecule has 0 spiro atoms. The number of para-hydroxylation sites is 1. The van der Waals surface area contributed by atoms with Gasteiger partial charge in [-0.15, -0.1) is 0 Å². The number of aromatic nitrogens is 1. The van der Waals surface area contributed by atoms with E-state index in [-0.39, 0.29) is 12.2 Å². The Labute approximate surface area is 233 Å². The molecule has 0 atom stereocenters. The van der Waals surface area contributed by atoms with Crippen LogP contribution in [0, 0.1) is 5.41 Å². The third kappa shape index (κ3) is 8.89. The van der Waals surface area contributed by atoms with E-state index in [1.165, 1.54) is 0 Å². The quantitative estimate of drug-likeness (QED) is 0.234. The molecule has 3 aromatic rings. The number of carbonyl (C=O) groups excluding carboxylic acids is 1. The summed E-state index contributed by atoms with van der Waals surface area (Å²) in [6.07, 6.45) is -4.23. The first-order chi connectivity index (χ1) is 19.1. The van der Waals surface area contributed by atoms with Crippen LogP contribution in [0.2, 0.25) is 0 Å². The lowest BCUT2D eigenvalue weighted by atomic mass is 9.96. The Morgan fingerprint density at radius 2 is 1.70 bits per heavy atom. The van der Waals surface area contributed by atoms with E-state index in [4.69, 9.17) is 5.41 Å². The molecule has 4 rings (SSSR count). The second kappa shape index (κ2) is 14.6. The van der Waals surface area contributed by atoms with Crippen molar-refractivity contribution in [3.05, 3.63) is 71.9 Å². The van der Waals surface area contributed by atoms with Gasteiger partial charge in [0.1, 0.15) is 11.5 Å². The predicted molar refractivity (Wildman–Crippen MR) is 154 cm³/mol. The molecule has 0 bridgehead atoms. The molecule has 0 saturated carbocycles. The molecule has 2 N–H and O–H groups in total. The van der Waals surface area contributed by atoms with Gasteiger partial charge in [-0.2, -0.15) is 13.2 Å². The molecule has 0 aliphatic carbocycles. The van der Waals surface area contributed by atoms with Crippen molar-refractivity contribution in [1.29, 1.82) is 5.41 Å². The molecule has 2 heterocycles. The molecular weight excluding hydrogens is 519 g/mol. The summed E-state index contributed by atoms with van der Waals surface area (Å²) >= 11 is 0. The van der Waals surface area contributed by atoms with Gasteiger partial charge in [0.15, 0.2) is 6.29 Å². The zero-order valence-electron chi connectivity index (χ0n) is 23.1. The summed E-state index contributed by atoms with van der Waals surface area (Å²) in [5.74, 6) is 0.437. The third-order valence-corrected chi connectivity index (χ3v) is 6.49. The van der Waals surface area contributed by atoms with E-state index in [1.54, 1.807) is 20.1 Å². The monoisotopic (exact) mass is 555 g/mol. The second-order valence-corrected chi connectivity index (χ2v) is 9.37. The van der Waals surface area contributed by atoms with Crippen LogP contribution in [0.1, 0.15) is 36.3 Å². The van der Waals surface area contributed by atoms with Crippen molar-refractivity contribution in [2.24, 2.45) is 0 Å². The molecular formula is C30H36F3N5O2. The zero-order valence-corrected chi connectivity index (χ0v) is 23.1. The first kappa shape index (κ1) is 30.8. The van der Waals surface area contributed by atoms with E-state index in [0.29, 0.717) is 49.6 Å². The fourth-order valence-electron chi connectivity index (χ4n) is 4.35. The van der Waals surface area contributed by atoms with Gasteiger partial charge in [-0.05, 0) is 55.3 Å². The van der Waals surface area contributed by atoms with Crippen molar-refractivity contribution in [3.8, 4) is 11.1 Å². The maximum absolute atomic E-state index is 12.5. The smallest absolute Gasteiger partial charge is 0.385 e. The molecule has 7 nitrogen and oxygen atoms in total. The molecule has 40 heavy (non-hydrogen) atoms. The number of alkyl halides is 3. The molecule has 1 fully saturated rings. The van der Waals surface area contributed by atoms with E-state index in [9.17, 15) is 18.0 Å². The number of nitrogens with zero attached hydrogens (tertiary/aromatic N) is 3. The lowest BCUT2D eigenvalue weighted by molar-refractivity contribution is -0.138. The highest BCUT2D eigenvalue weighted by Gasteiger charge is 2.28. The Bertz CT molecular complexity index is 1240. The van der Waals surface area contributed by atoms with Gasteiger partial charge in [0, 0.05) is 69.1 Å². The van der Waals surface area contributed by atoms with E-state index in [2.05, 4.69) is 19.9 Å². The van der Waals surface area contributed by atoms with Crippen LogP contribution in [0.4, 0.5) is 30.4 Å². The van der Waals surface area contributed by atoms with Crippen molar-refractivity contribution >= 4 is 29.2 Å². The number of carbonyl (C=O) groups is 1. The molecule has 10 heteroatoms. The maximum Gasteiger partial charge on any atom is 0.390 e. The van der Waals surface area contributed by atoms with Crippen LogP contribution in [0.15, 0.2) is 60.7 Å². The molecule has 0 unspecified atom stereocenters.